The number of aromatic carboxylic acids is 1. The molecule has 0 saturated heterocycles. The Morgan fingerprint density at radius 3 is 2.41 bits per heavy atom. The Balaban J connectivity index is 1.71. The summed E-state index contributed by atoms with van der Waals surface area (Å²) >= 11 is 0. The van der Waals surface area contributed by atoms with Crippen LogP contribution in [0, 0.1) is 5.82 Å². The summed E-state index contributed by atoms with van der Waals surface area (Å²) in [5.41, 5.74) is 4.83. The third-order valence-corrected chi connectivity index (χ3v) is 6.84. The summed E-state index contributed by atoms with van der Waals surface area (Å²) in [6.07, 6.45) is 3.32. The van der Waals surface area contributed by atoms with Gasteiger partial charge in [-0.2, -0.15) is 0 Å². The number of hydrogen-bond donors (Lipinski definition) is 1. The van der Waals surface area contributed by atoms with Crippen molar-refractivity contribution in [2.24, 2.45) is 14.1 Å². The third-order valence-electron chi connectivity index (χ3n) is 6.84. The number of carboxylic acids is 1. The van der Waals surface area contributed by atoms with Gasteiger partial charge in [0.05, 0.1) is 11.0 Å². The highest BCUT2D eigenvalue weighted by atomic mass is 19.1. The number of nitrogens with zero attached hydrogens (tertiary/aromatic N) is 3. The van der Waals surface area contributed by atoms with Gasteiger partial charge in [-0.3, -0.25) is 9.13 Å². The number of hydrogen-bond acceptors (Lipinski definition) is 4. The van der Waals surface area contributed by atoms with Gasteiger partial charge in [0.1, 0.15) is 22.9 Å². The number of aryl methyl sites for hydroxylation is 2. The number of rotatable bonds is 4. The van der Waals surface area contributed by atoms with Gasteiger partial charge in [0, 0.05) is 37.0 Å². The molecule has 37 heavy (non-hydrogen) atoms. The molecule has 5 rings (SSSR count). The van der Waals surface area contributed by atoms with Gasteiger partial charge >= 0.3 is 11.7 Å². The molecule has 1 aliphatic rings. The first kappa shape index (κ1) is 24.5. The number of halogens is 1. The lowest BCUT2D eigenvalue weighted by Gasteiger charge is -2.32. The van der Waals surface area contributed by atoms with Crippen LogP contribution in [0.3, 0.4) is 0 Å². The Hall–Kier alpha value is -4.20. The highest BCUT2D eigenvalue weighted by molar-refractivity contribution is 5.92. The van der Waals surface area contributed by atoms with E-state index in [1.54, 1.807) is 29.3 Å². The molecule has 7 nitrogen and oxygen atoms in total. The molecule has 190 valence electrons. The van der Waals surface area contributed by atoms with Crippen molar-refractivity contribution in [3.63, 3.8) is 0 Å². The molecule has 1 N–H and O–H groups in total. The zero-order valence-corrected chi connectivity index (χ0v) is 21.6. The zero-order chi connectivity index (χ0) is 26.8. The van der Waals surface area contributed by atoms with Crippen molar-refractivity contribution in [1.82, 2.24) is 14.1 Å². The normalized spacial score (nSPS) is 14.4. The third kappa shape index (κ3) is 4.02. The van der Waals surface area contributed by atoms with E-state index < -0.39 is 17.4 Å². The minimum absolute atomic E-state index is 0.103. The van der Waals surface area contributed by atoms with Crippen LogP contribution in [0.15, 0.2) is 53.5 Å². The fraction of sp³-hybridized carbons (Fsp3) is 0.276. The van der Waals surface area contributed by atoms with Crippen molar-refractivity contribution >= 4 is 22.6 Å². The molecule has 0 aliphatic carbocycles. The highest BCUT2D eigenvalue weighted by Gasteiger charge is 2.30. The summed E-state index contributed by atoms with van der Waals surface area (Å²) in [5, 5.41) is 9.12. The van der Waals surface area contributed by atoms with Gasteiger partial charge in [0.2, 0.25) is 0 Å². The standard InChI is InChI=1S/C29H28FN3O4/c1-15(2)18-9-17(10-24-26(18)33(6)28(36)32(24)5)21-13-29(3,4)37-25-12-19(22(30)11-20(21)25)16-7-8-23(27(34)35)31-14-16/h7-15H,1-6H3,(H,34,35). The fourth-order valence-electron chi connectivity index (χ4n) is 5.01. The second-order valence-corrected chi connectivity index (χ2v) is 10.3. The number of ether oxygens (including phenoxy) is 1. The Morgan fingerprint density at radius 2 is 1.78 bits per heavy atom. The average molecular weight is 502 g/mol. The van der Waals surface area contributed by atoms with Crippen molar-refractivity contribution in [2.45, 2.75) is 39.2 Å². The molecule has 0 fully saturated rings. The SMILES string of the molecule is CC(C)c1cc(C2=CC(C)(C)Oc3cc(-c4ccc(C(=O)O)nc4)c(F)cc32)cc2c1n(C)c(=O)n2C. The van der Waals surface area contributed by atoms with Crippen molar-refractivity contribution in [2.75, 3.05) is 0 Å². The number of carboxylic acid groups (broad SMARTS) is 1. The number of aromatic nitrogens is 3. The predicted molar refractivity (Wildman–Crippen MR) is 141 cm³/mol. The molecule has 0 amide bonds. The Labute approximate surface area is 213 Å². The van der Waals surface area contributed by atoms with Gasteiger partial charge in [0.15, 0.2) is 0 Å². The minimum atomic E-state index is -1.15. The van der Waals surface area contributed by atoms with Crippen LogP contribution in [0.4, 0.5) is 4.39 Å². The lowest BCUT2D eigenvalue weighted by atomic mass is 9.86. The summed E-state index contributed by atoms with van der Waals surface area (Å²) in [6.45, 7) is 8.04. The van der Waals surface area contributed by atoms with E-state index in [1.807, 2.05) is 26.0 Å². The van der Waals surface area contributed by atoms with Crippen molar-refractivity contribution < 1.29 is 19.0 Å². The molecule has 0 atom stereocenters. The topological polar surface area (TPSA) is 86.3 Å². The molecule has 3 heterocycles. The van der Waals surface area contributed by atoms with E-state index in [-0.39, 0.29) is 22.9 Å². The van der Waals surface area contributed by atoms with Gasteiger partial charge < -0.3 is 9.84 Å². The van der Waals surface area contributed by atoms with Crippen LogP contribution in [0.1, 0.15) is 60.8 Å². The molecule has 1 aliphatic heterocycles. The molecule has 0 radical (unpaired) electrons. The fourth-order valence-corrected chi connectivity index (χ4v) is 5.01. The molecule has 0 spiro atoms. The first-order chi connectivity index (χ1) is 17.4. The maximum Gasteiger partial charge on any atom is 0.354 e. The lowest BCUT2D eigenvalue weighted by molar-refractivity contribution is 0.0690. The van der Waals surface area contributed by atoms with Gasteiger partial charge in [-0.05, 0) is 72.9 Å². The van der Waals surface area contributed by atoms with E-state index in [1.165, 1.54) is 24.4 Å². The summed E-state index contributed by atoms with van der Waals surface area (Å²) < 4.78 is 25.1. The maximum absolute atomic E-state index is 15.5. The molecule has 2 aromatic carbocycles. The van der Waals surface area contributed by atoms with E-state index in [9.17, 15) is 9.59 Å². The summed E-state index contributed by atoms with van der Waals surface area (Å²) in [4.78, 5) is 27.8. The van der Waals surface area contributed by atoms with E-state index in [0.29, 0.717) is 16.9 Å². The Bertz CT molecular complexity index is 1670. The summed E-state index contributed by atoms with van der Waals surface area (Å²) in [5.74, 6) is -0.959. The molecule has 0 bridgehead atoms. The summed E-state index contributed by atoms with van der Waals surface area (Å²) in [7, 11) is 3.53. The van der Waals surface area contributed by atoms with Crippen LogP contribution in [0.5, 0.6) is 5.75 Å². The Kier molecular flexibility index (Phi) is 5.58. The Morgan fingerprint density at radius 1 is 1.05 bits per heavy atom. The number of pyridine rings is 1. The first-order valence-electron chi connectivity index (χ1n) is 12.0. The van der Waals surface area contributed by atoms with Gasteiger partial charge in [-0.15, -0.1) is 0 Å². The molecular formula is C29H28FN3O4. The van der Waals surface area contributed by atoms with Crippen molar-refractivity contribution in [3.8, 4) is 16.9 Å². The first-order valence-corrected chi connectivity index (χ1v) is 12.0. The monoisotopic (exact) mass is 501 g/mol. The predicted octanol–water partition coefficient (Wildman–Crippen LogP) is 5.50. The second-order valence-electron chi connectivity index (χ2n) is 10.3. The molecule has 8 heteroatoms. The van der Waals surface area contributed by atoms with Crippen LogP contribution in [-0.2, 0) is 14.1 Å². The molecule has 2 aromatic heterocycles. The van der Waals surface area contributed by atoms with E-state index in [2.05, 4.69) is 24.9 Å². The average Bonchev–Trinajstić information content (AvgIpc) is 3.06. The number of carbonyl (C=O) groups is 1. The molecule has 0 unspecified atom stereocenters. The van der Waals surface area contributed by atoms with E-state index in [4.69, 9.17) is 9.84 Å². The van der Waals surface area contributed by atoms with Crippen LogP contribution in [0.2, 0.25) is 0 Å². The number of benzene rings is 2. The quantitative estimate of drug-likeness (QED) is 0.399. The van der Waals surface area contributed by atoms with Crippen molar-refractivity contribution in [1.29, 1.82) is 0 Å². The molecule has 4 aromatic rings. The zero-order valence-electron chi connectivity index (χ0n) is 21.6. The minimum Gasteiger partial charge on any atom is -0.483 e. The molecule has 0 saturated carbocycles. The van der Waals surface area contributed by atoms with Crippen LogP contribution in [0.25, 0.3) is 27.7 Å². The molecular weight excluding hydrogens is 473 g/mol. The van der Waals surface area contributed by atoms with Crippen LogP contribution >= 0.6 is 0 Å². The number of fused-ring (bicyclic) bond motifs is 2. The van der Waals surface area contributed by atoms with Gasteiger partial charge in [-0.25, -0.2) is 19.0 Å². The van der Waals surface area contributed by atoms with Gasteiger partial charge in [-0.1, -0.05) is 19.9 Å². The van der Waals surface area contributed by atoms with Crippen LogP contribution in [-0.4, -0.2) is 30.8 Å². The second kappa shape index (κ2) is 8.44. The lowest BCUT2D eigenvalue weighted by Crippen LogP contribution is -2.29. The smallest absolute Gasteiger partial charge is 0.354 e. The van der Waals surface area contributed by atoms with Crippen LogP contribution < -0.4 is 10.4 Å². The largest absolute Gasteiger partial charge is 0.483 e. The van der Waals surface area contributed by atoms with E-state index >= 15 is 4.39 Å². The van der Waals surface area contributed by atoms with Crippen molar-refractivity contribution in [3.05, 3.63) is 87.4 Å². The highest BCUT2D eigenvalue weighted by Crippen LogP contribution is 2.43. The van der Waals surface area contributed by atoms with Gasteiger partial charge in [0.25, 0.3) is 0 Å². The number of imidazole rings is 1. The maximum atomic E-state index is 15.5. The van der Waals surface area contributed by atoms with E-state index in [0.717, 1.165) is 27.7 Å². The summed E-state index contributed by atoms with van der Waals surface area (Å²) in [6, 6.07) is 10.0.